The topological polar surface area (TPSA) is 167 Å². The Morgan fingerprint density at radius 1 is 0.750 bits per heavy atom. The molecule has 5 heterocycles. The normalized spacial score (nSPS) is 19.8. The molecule has 2 spiro atoms. The number of nitrogens with one attached hydrogen (secondary N) is 1. The predicted molar refractivity (Wildman–Crippen MR) is 247 cm³/mol. The van der Waals surface area contributed by atoms with Crippen molar-refractivity contribution in [3.63, 3.8) is 0 Å². The SMILES string of the molecule is CC(C)(C)OC(=O)N1CCC(=O)C1.CC(C)(C)OC(=O)N1CCC2(C1)OC(=O)c1ccccc12.COC(=O)c1ccccc1I.C[CH-]C.O=C1OC2(CCNC2)c2ccccc21.[Br-].[H+].[Mg+2]. The van der Waals surface area contributed by atoms with Gasteiger partial charge >= 0.3 is 54.6 Å². The van der Waals surface area contributed by atoms with E-state index in [1.165, 1.54) is 12.0 Å². The average Bonchev–Trinajstić information content (AvgIpc) is 4.06. The number of likely N-dealkylation sites (tertiary alicyclic amines) is 2. The van der Waals surface area contributed by atoms with Crippen molar-refractivity contribution >= 4 is 81.5 Å². The molecule has 3 aromatic rings. The van der Waals surface area contributed by atoms with E-state index in [1.54, 1.807) is 17.0 Å². The Labute approximate surface area is 418 Å². The molecule has 0 bridgehead atoms. The van der Waals surface area contributed by atoms with E-state index in [-0.39, 0.29) is 83.4 Å². The Kier molecular flexibility index (Phi) is 21.7. The van der Waals surface area contributed by atoms with Crippen LogP contribution in [0, 0.1) is 9.99 Å². The van der Waals surface area contributed by atoms with Crippen LogP contribution in [0.15, 0.2) is 72.8 Å². The van der Waals surface area contributed by atoms with Gasteiger partial charge in [-0.1, -0.05) is 48.5 Å². The second-order valence-electron chi connectivity index (χ2n) is 17.2. The first-order valence-corrected chi connectivity index (χ1v) is 21.7. The molecule has 14 nitrogen and oxygen atoms in total. The minimum Gasteiger partial charge on any atom is -1.00 e. The van der Waals surface area contributed by atoms with Gasteiger partial charge in [-0.2, -0.15) is 13.8 Å². The number of amides is 2. The maximum atomic E-state index is 12.2. The summed E-state index contributed by atoms with van der Waals surface area (Å²) in [5, 5.41) is 3.24. The average molecular weight is 1070 g/mol. The predicted octanol–water partition coefficient (Wildman–Crippen LogP) is 4.98. The number of methoxy groups -OCH3 is 1. The zero-order valence-corrected chi connectivity index (χ0v) is 43.4. The van der Waals surface area contributed by atoms with Gasteiger partial charge in [0.25, 0.3) is 0 Å². The first kappa shape index (κ1) is 56.3. The third-order valence-electron chi connectivity index (χ3n) is 9.81. The van der Waals surface area contributed by atoms with Crippen LogP contribution < -0.4 is 22.3 Å². The van der Waals surface area contributed by atoms with Crippen molar-refractivity contribution in [3.05, 3.63) is 111 Å². The van der Waals surface area contributed by atoms with Crippen LogP contribution in [0.3, 0.4) is 0 Å². The molecule has 2 atom stereocenters. The van der Waals surface area contributed by atoms with Gasteiger partial charge in [-0.25, -0.2) is 24.0 Å². The number of halogens is 2. The molecule has 5 aliphatic rings. The van der Waals surface area contributed by atoms with Crippen LogP contribution in [-0.4, -0.2) is 126 Å². The molecule has 0 saturated carbocycles. The summed E-state index contributed by atoms with van der Waals surface area (Å²) in [5.41, 5.74) is 1.80. The molecule has 64 heavy (non-hydrogen) atoms. The van der Waals surface area contributed by atoms with Crippen molar-refractivity contribution in [3.8, 4) is 0 Å². The third kappa shape index (κ3) is 15.1. The van der Waals surface area contributed by atoms with Crippen molar-refractivity contribution in [1.82, 2.24) is 15.1 Å². The van der Waals surface area contributed by atoms with Gasteiger partial charge in [-0.3, -0.25) is 4.79 Å². The second kappa shape index (κ2) is 24.7. The van der Waals surface area contributed by atoms with E-state index in [0.717, 1.165) is 39.8 Å². The van der Waals surface area contributed by atoms with Gasteiger partial charge in [0.15, 0.2) is 17.0 Å². The molecule has 0 radical (unpaired) electrons. The molecule has 2 amide bonds. The van der Waals surface area contributed by atoms with Crippen LogP contribution in [0.2, 0.25) is 0 Å². The fourth-order valence-electron chi connectivity index (χ4n) is 7.09. The van der Waals surface area contributed by atoms with Crippen LogP contribution >= 0.6 is 22.6 Å². The number of carbonyl (C=O) groups is 6. The van der Waals surface area contributed by atoms with E-state index in [0.29, 0.717) is 43.6 Å². The number of nitrogens with zero attached hydrogens (tertiary/aromatic N) is 2. The summed E-state index contributed by atoms with van der Waals surface area (Å²) in [6.07, 6.45) is 3.20. The van der Waals surface area contributed by atoms with Crippen molar-refractivity contribution in [2.75, 3.05) is 46.4 Å². The summed E-state index contributed by atoms with van der Waals surface area (Å²) in [6.45, 7) is 18.2. The Bertz CT molecular complexity index is 2110. The Hall–Kier alpha value is -3.78. The zero-order chi connectivity index (χ0) is 45.9. The first-order chi connectivity index (χ1) is 29.2. The molecule has 0 aliphatic carbocycles. The monoisotopic (exact) mass is 1070 g/mol. The quantitative estimate of drug-likeness (QED) is 0.114. The van der Waals surface area contributed by atoms with Crippen LogP contribution in [0.25, 0.3) is 0 Å². The summed E-state index contributed by atoms with van der Waals surface area (Å²) in [6, 6.07) is 22.4. The Morgan fingerprint density at radius 2 is 1.23 bits per heavy atom. The van der Waals surface area contributed by atoms with E-state index in [4.69, 9.17) is 18.9 Å². The van der Waals surface area contributed by atoms with E-state index in [1.807, 2.05) is 122 Å². The molecule has 2 unspecified atom stereocenters. The van der Waals surface area contributed by atoms with Crippen molar-refractivity contribution in [2.45, 2.75) is 97.1 Å². The molecule has 3 fully saturated rings. The summed E-state index contributed by atoms with van der Waals surface area (Å²) in [4.78, 5) is 72.0. The number of ether oxygens (including phenoxy) is 5. The smallest absolute Gasteiger partial charge is 1.00 e. The van der Waals surface area contributed by atoms with Gasteiger partial charge in [0.2, 0.25) is 0 Å². The number of carbonyl (C=O) groups excluding carboxylic acids is 6. The fraction of sp³-hybridized carbons (Fsp3) is 0.468. The number of benzene rings is 3. The molecule has 17 heteroatoms. The molecule has 5 aliphatic heterocycles. The van der Waals surface area contributed by atoms with E-state index >= 15 is 0 Å². The van der Waals surface area contributed by atoms with E-state index in [9.17, 15) is 28.8 Å². The molecule has 3 saturated heterocycles. The zero-order valence-electron chi connectivity index (χ0n) is 39.2. The van der Waals surface area contributed by atoms with Gasteiger partial charge in [0.05, 0.1) is 36.9 Å². The van der Waals surface area contributed by atoms with Gasteiger partial charge < -0.3 is 62.2 Å². The summed E-state index contributed by atoms with van der Waals surface area (Å²) >= 11 is 2.10. The molecular weight excluding hydrogens is 1010 g/mol. The fourth-order valence-corrected chi connectivity index (χ4v) is 7.70. The van der Waals surface area contributed by atoms with Gasteiger partial charge in [-0.05, 0) is 94.9 Å². The maximum Gasteiger partial charge on any atom is 2.00 e. The Balaban J connectivity index is 0.000000430. The minimum atomic E-state index is -0.704. The molecule has 3 aromatic carbocycles. The number of Topliss-reactive ketones (excluding diaryl/α,β-unsaturated/α-hetero) is 1. The largest absolute Gasteiger partial charge is 2.00 e. The standard InChI is InChI=1S/C16H19NO4.C11H11NO2.C9H15NO3.C8H7IO2.C3H7.BrH.Mg/c1-15(2,3)21-14(19)17-9-8-16(10-17)12-7-5-4-6-11(12)13(18)20-16;13-10-8-3-1-2-4-9(8)11(14-10)5-6-12-7-11;1-9(2,3)13-8(12)10-5-4-7(11)6-10;1-11-8(10)6-4-2-3-5-7(6)9;1-3-2;;/h4-7H,8-10H2,1-3H3;1-4,12H,5-7H2;4-6H2,1-3H3;2-5H,1H3;3H,1-2H3;1H;/q;;;;-1;;+2. The van der Waals surface area contributed by atoms with Crippen molar-refractivity contribution in [1.29, 1.82) is 0 Å². The third-order valence-corrected chi connectivity index (χ3v) is 10.8. The maximum absolute atomic E-state index is 12.2. The molecular formula is C47H60BrIMgN3O11+. The molecule has 1 N–H and O–H groups in total. The summed E-state index contributed by atoms with van der Waals surface area (Å²) in [5.74, 6) is -0.665. The number of rotatable bonds is 1. The van der Waals surface area contributed by atoms with Crippen LogP contribution in [0.1, 0.15) is 118 Å². The molecule has 344 valence electrons. The van der Waals surface area contributed by atoms with Crippen LogP contribution in [0.4, 0.5) is 9.59 Å². The van der Waals surface area contributed by atoms with E-state index < -0.39 is 22.9 Å². The summed E-state index contributed by atoms with van der Waals surface area (Å²) in [7, 11) is 1.38. The summed E-state index contributed by atoms with van der Waals surface area (Å²) < 4.78 is 27.1. The number of esters is 3. The molecule has 8 rings (SSSR count). The second-order valence-corrected chi connectivity index (χ2v) is 18.3. The number of hydrogen-bond acceptors (Lipinski definition) is 12. The minimum absolute atomic E-state index is 0. The van der Waals surface area contributed by atoms with Crippen LogP contribution in [-0.2, 0) is 39.7 Å². The van der Waals surface area contributed by atoms with Gasteiger partial charge in [0, 0.05) is 53.6 Å². The molecule has 0 aromatic heterocycles. The van der Waals surface area contributed by atoms with Crippen molar-refractivity contribution < 1.29 is 70.9 Å². The van der Waals surface area contributed by atoms with Gasteiger partial charge in [-0.15, -0.1) is 0 Å². The van der Waals surface area contributed by atoms with Crippen LogP contribution in [0.5, 0.6) is 0 Å². The number of hydrogen-bond donors (Lipinski definition) is 1. The number of ketones is 1. The number of fused-ring (bicyclic) bond motifs is 4. The first-order valence-electron chi connectivity index (χ1n) is 20.6. The van der Waals surface area contributed by atoms with Crippen molar-refractivity contribution in [2.24, 2.45) is 0 Å². The Morgan fingerprint density at radius 3 is 1.70 bits per heavy atom. The van der Waals surface area contributed by atoms with E-state index in [2.05, 4.69) is 32.6 Å². The van der Waals surface area contributed by atoms with Gasteiger partial charge in [0.1, 0.15) is 11.2 Å².